The lowest BCUT2D eigenvalue weighted by Crippen LogP contribution is -2.69. The summed E-state index contributed by atoms with van der Waals surface area (Å²) in [6.45, 7) is 0. The quantitative estimate of drug-likeness (QED) is 0.429. The molecule has 26 heavy (non-hydrogen) atoms. The summed E-state index contributed by atoms with van der Waals surface area (Å²) in [5.74, 6) is -0.242. The number of aromatic amines is 2. The van der Waals surface area contributed by atoms with Crippen molar-refractivity contribution in [1.82, 2.24) is 20.2 Å². The fraction of sp³-hybridized carbons (Fsp3) is 0. The summed E-state index contributed by atoms with van der Waals surface area (Å²) in [4.78, 5) is 19.2. The predicted octanol–water partition coefficient (Wildman–Crippen LogP) is 2.38. The summed E-state index contributed by atoms with van der Waals surface area (Å²) in [6, 6.07) is 10.2. The van der Waals surface area contributed by atoms with Crippen molar-refractivity contribution in [3.63, 3.8) is 0 Å². The molecule has 0 saturated heterocycles. The van der Waals surface area contributed by atoms with Crippen molar-refractivity contribution in [2.75, 3.05) is 5.32 Å². The molecule has 0 aliphatic carbocycles. The predicted molar refractivity (Wildman–Crippen MR) is 98.7 cm³/mol. The SMILES string of the molecule is O=C(Nc1cc(-c2cccc3c2C=C[NH2+]3)cc2[nH]ncc12)c1cnc[nH]1. The van der Waals surface area contributed by atoms with Gasteiger partial charge < -0.3 is 10.3 Å². The summed E-state index contributed by atoms with van der Waals surface area (Å²) < 4.78 is 0. The fourth-order valence-electron chi connectivity index (χ4n) is 3.29. The molecule has 2 aromatic heterocycles. The Hall–Kier alpha value is -3.71. The van der Waals surface area contributed by atoms with Crippen LogP contribution in [0.3, 0.4) is 0 Å². The number of carbonyl (C=O) groups excluding carboxylic acids is 1. The second-order valence-electron chi connectivity index (χ2n) is 6.11. The monoisotopic (exact) mass is 343 g/mol. The maximum absolute atomic E-state index is 12.4. The molecule has 0 atom stereocenters. The number of carbonyl (C=O) groups is 1. The Morgan fingerprint density at radius 1 is 1.19 bits per heavy atom. The first-order valence-electron chi connectivity index (χ1n) is 8.21. The standard InChI is InChI=1S/C19H14N6O/c26-19(18-9-20-10-22-18)24-16-6-11(7-17-14(16)8-23-25-17)12-2-1-3-15-13(12)4-5-21-15/h1-10,21H,(H,20,22)(H,23,25)(H,24,26)/p+1. The van der Waals surface area contributed by atoms with Gasteiger partial charge in [-0.2, -0.15) is 5.10 Å². The number of hydrogen-bond donors (Lipinski definition) is 4. The minimum atomic E-state index is -0.242. The molecular weight excluding hydrogens is 328 g/mol. The topological polar surface area (TPSA) is 103 Å². The zero-order chi connectivity index (χ0) is 17.5. The molecule has 0 spiro atoms. The Morgan fingerprint density at radius 2 is 2.15 bits per heavy atom. The number of fused-ring (bicyclic) bond motifs is 2. The van der Waals surface area contributed by atoms with Crippen molar-refractivity contribution in [3.8, 4) is 11.1 Å². The Labute approximate surface area is 148 Å². The van der Waals surface area contributed by atoms with E-state index in [9.17, 15) is 4.79 Å². The largest absolute Gasteiger partial charge is 0.341 e. The third-order valence-corrected chi connectivity index (χ3v) is 4.54. The Kier molecular flexibility index (Phi) is 3.19. The zero-order valence-electron chi connectivity index (χ0n) is 13.7. The average Bonchev–Trinajstić information content (AvgIpc) is 3.40. The maximum atomic E-state index is 12.4. The lowest BCUT2D eigenvalue weighted by molar-refractivity contribution is -0.491. The Bertz CT molecular complexity index is 1160. The molecule has 0 bridgehead atoms. The number of nitrogens with one attached hydrogen (secondary N) is 3. The van der Waals surface area contributed by atoms with Crippen LogP contribution in [0.25, 0.3) is 28.1 Å². The van der Waals surface area contributed by atoms with Crippen molar-refractivity contribution in [2.45, 2.75) is 0 Å². The van der Waals surface area contributed by atoms with E-state index in [0.29, 0.717) is 11.4 Å². The molecule has 126 valence electrons. The van der Waals surface area contributed by atoms with Gasteiger partial charge in [0.15, 0.2) is 0 Å². The van der Waals surface area contributed by atoms with Gasteiger partial charge in [-0.1, -0.05) is 12.1 Å². The highest BCUT2D eigenvalue weighted by molar-refractivity contribution is 6.08. The van der Waals surface area contributed by atoms with Crippen LogP contribution < -0.4 is 10.6 Å². The first-order chi connectivity index (χ1) is 12.8. The van der Waals surface area contributed by atoms with Gasteiger partial charge in [-0.05, 0) is 23.3 Å². The molecule has 0 saturated carbocycles. The van der Waals surface area contributed by atoms with Crippen molar-refractivity contribution >= 4 is 34.3 Å². The summed E-state index contributed by atoms with van der Waals surface area (Å²) in [5.41, 5.74) is 6.47. The van der Waals surface area contributed by atoms with E-state index in [-0.39, 0.29) is 5.91 Å². The highest BCUT2D eigenvalue weighted by atomic mass is 16.1. The number of benzene rings is 2. The Balaban J connectivity index is 1.63. The molecule has 7 heteroatoms. The van der Waals surface area contributed by atoms with E-state index in [4.69, 9.17) is 0 Å². The normalized spacial score (nSPS) is 12.5. The van der Waals surface area contributed by atoms with Crippen LogP contribution in [-0.2, 0) is 0 Å². The van der Waals surface area contributed by atoms with E-state index in [2.05, 4.69) is 55.1 Å². The van der Waals surface area contributed by atoms with Gasteiger partial charge in [0.05, 0.1) is 36.1 Å². The summed E-state index contributed by atoms with van der Waals surface area (Å²) in [7, 11) is 0. The average molecular weight is 343 g/mol. The third-order valence-electron chi connectivity index (χ3n) is 4.54. The first kappa shape index (κ1) is 14.6. The molecule has 5 rings (SSSR count). The van der Waals surface area contributed by atoms with Crippen LogP contribution in [0.5, 0.6) is 0 Å². The Morgan fingerprint density at radius 3 is 3.04 bits per heavy atom. The molecule has 7 nitrogen and oxygen atoms in total. The van der Waals surface area contributed by atoms with E-state index < -0.39 is 0 Å². The number of H-pyrrole nitrogens is 2. The first-order valence-corrected chi connectivity index (χ1v) is 8.21. The zero-order valence-corrected chi connectivity index (χ0v) is 13.7. The summed E-state index contributed by atoms with van der Waals surface area (Å²) in [6.07, 6.45) is 8.84. The number of nitrogens with two attached hydrogens (primary N) is 1. The molecular formula is C19H15N6O+. The minimum Gasteiger partial charge on any atom is -0.341 e. The molecule has 3 heterocycles. The van der Waals surface area contributed by atoms with Gasteiger partial charge in [-0.3, -0.25) is 15.2 Å². The van der Waals surface area contributed by atoms with Crippen molar-refractivity contribution < 1.29 is 10.1 Å². The number of hydrogen-bond acceptors (Lipinski definition) is 3. The number of imidazole rings is 1. The van der Waals surface area contributed by atoms with Gasteiger partial charge >= 0.3 is 0 Å². The van der Waals surface area contributed by atoms with E-state index in [1.807, 2.05) is 18.3 Å². The molecule has 1 aliphatic rings. The molecule has 0 fully saturated rings. The number of quaternary nitrogens is 1. The van der Waals surface area contributed by atoms with E-state index >= 15 is 0 Å². The number of amides is 1. The highest BCUT2D eigenvalue weighted by Crippen LogP contribution is 2.35. The lowest BCUT2D eigenvalue weighted by atomic mass is 9.97. The van der Waals surface area contributed by atoms with Crippen LogP contribution in [0.2, 0.25) is 0 Å². The summed E-state index contributed by atoms with van der Waals surface area (Å²) >= 11 is 0. The van der Waals surface area contributed by atoms with Gasteiger partial charge in [0.25, 0.3) is 5.91 Å². The van der Waals surface area contributed by atoms with Gasteiger partial charge in [0.1, 0.15) is 11.4 Å². The molecule has 0 unspecified atom stereocenters. The summed E-state index contributed by atoms with van der Waals surface area (Å²) in [5, 5.41) is 13.0. The van der Waals surface area contributed by atoms with Gasteiger partial charge in [-0.15, -0.1) is 0 Å². The molecule has 1 aliphatic heterocycles. The number of aromatic nitrogens is 4. The van der Waals surface area contributed by atoms with Crippen LogP contribution in [0.15, 0.2) is 55.3 Å². The highest BCUT2D eigenvalue weighted by Gasteiger charge is 2.17. The van der Waals surface area contributed by atoms with Crippen LogP contribution >= 0.6 is 0 Å². The van der Waals surface area contributed by atoms with Crippen LogP contribution in [0.1, 0.15) is 16.1 Å². The molecule has 2 aromatic carbocycles. The number of anilines is 1. The fourth-order valence-corrected chi connectivity index (χ4v) is 3.29. The third kappa shape index (κ3) is 2.30. The molecule has 4 aromatic rings. The van der Waals surface area contributed by atoms with E-state index in [1.54, 1.807) is 6.20 Å². The smallest absolute Gasteiger partial charge is 0.273 e. The molecule has 5 N–H and O–H groups in total. The second kappa shape index (κ2) is 5.68. The van der Waals surface area contributed by atoms with Gasteiger partial charge in [0.2, 0.25) is 0 Å². The lowest BCUT2D eigenvalue weighted by Gasteiger charge is -2.10. The second-order valence-corrected chi connectivity index (χ2v) is 6.11. The maximum Gasteiger partial charge on any atom is 0.273 e. The van der Waals surface area contributed by atoms with E-state index in [1.165, 1.54) is 23.8 Å². The van der Waals surface area contributed by atoms with Gasteiger partial charge in [0, 0.05) is 23.1 Å². The van der Waals surface area contributed by atoms with Crippen LogP contribution in [0.4, 0.5) is 11.4 Å². The van der Waals surface area contributed by atoms with Crippen LogP contribution in [0, 0.1) is 0 Å². The van der Waals surface area contributed by atoms with E-state index in [0.717, 1.165) is 22.0 Å². The van der Waals surface area contributed by atoms with Crippen molar-refractivity contribution in [1.29, 1.82) is 0 Å². The minimum absolute atomic E-state index is 0.242. The van der Waals surface area contributed by atoms with Gasteiger partial charge in [-0.25, -0.2) is 4.98 Å². The number of rotatable bonds is 3. The van der Waals surface area contributed by atoms with Crippen LogP contribution in [-0.4, -0.2) is 26.1 Å². The number of nitrogens with zero attached hydrogens (tertiary/aromatic N) is 2. The molecule has 1 amide bonds. The van der Waals surface area contributed by atoms with Crippen molar-refractivity contribution in [3.05, 3.63) is 66.5 Å². The van der Waals surface area contributed by atoms with Crippen molar-refractivity contribution in [2.24, 2.45) is 0 Å². The molecule has 0 radical (unpaired) electrons.